The highest BCUT2D eigenvalue weighted by atomic mass is 35.5. The third-order valence-corrected chi connectivity index (χ3v) is 10.8. The number of piperidine rings is 3. The van der Waals surface area contributed by atoms with Crippen molar-refractivity contribution in [2.75, 3.05) is 38.8 Å². The Morgan fingerprint density at radius 3 is 2.46 bits per heavy atom. The smallest absolute Gasteiger partial charge is 0.415 e. The van der Waals surface area contributed by atoms with Crippen LogP contribution in [-0.2, 0) is 17.7 Å². The molecule has 7 rings (SSSR count). The van der Waals surface area contributed by atoms with Gasteiger partial charge >= 0.3 is 12.1 Å². The van der Waals surface area contributed by atoms with Crippen LogP contribution < -0.4 is 19.1 Å². The molecule has 3 aliphatic heterocycles. The molecule has 252 valence electrons. The molecule has 14 heteroatoms. The molecule has 11 nitrogen and oxygen atoms in total. The summed E-state index contributed by atoms with van der Waals surface area (Å²) in [7, 11) is 3.04. The predicted molar refractivity (Wildman–Crippen MR) is 182 cm³/mol. The van der Waals surface area contributed by atoms with Crippen LogP contribution in [0.3, 0.4) is 0 Å². The van der Waals surface area contributed by atoms with Crippen molar-refractivity contribution in [1.82, 2.24) is 9.88 Å². The van der Waals surface area contributed by atoms with Crippen molar-refractivity contribution in [3.63, 3.8) is 0 Å². The zero-order chi connectivity index (χ0) is 33.9. The number of hydrogen-bond acceptors (Lipinski definition) is 9. The number of aromatic nitrogens is 2. The molecule has 4 aromatic rings. The first-order valence-electron chi connectivity index (χ1n) is 15.4. The van der Waals surface area contributed by atoms with Crippen molar-refractivity contribution in [1.29, 1.82) is 0 Å². The summed E-state index contributed by atoms with van der Waals surface area (Å²) in [6.07, 6.45) is 7.03. The van der Waals surface area contributed by atoms with Crippen molar-refractivity contribution >= 4 is 52.3 Å². The number of carboxylic acids is 1. The highest BCUT2D eigenvalue weighted by Crippen LogP contribution is 2.41. The highest BCUT2D eigenvalue weighted by molar-refractivity contribution is 7.14. The minimum absolute atomic E-state index is 0.0538. The molecule has 3 fully saturated rings. The molecule has 48 heavy (non-hydrogen) atoms. The lowest BCUT2D eigenvalue weighted by atomic mass is 9.85. The van der Waals surface area contributed by atoms with Crippen molar-refractivity contribution in [2.45, 2.75) is 37.8 Å². The Labute approximate surface area is 291 Å². The van der Waals surface area contributed by atoms with Gasteiger partial charge in [-0.15, -0.1) is 11.3 Å². The third-order valence-electron chi connectivity index (χ3n) is 9.00. The number of hydrogen-bond donors (Lipinski definition) is 1. The molecule has 0 unspecified atom stereocenters. The highest BCUT2D eigenvalue weighted by Gasteiger charge is 2.38. The summed E-state index contributed by atoms with van der Waals surface area (Å²) < 4.78 is 17.6. The van der Waals surface area contributed by atoms with E-state index in [0.29, 0.717) is 55.9 Å². The van der Waals surface area contributed by atoms with E-state index in [9.17, 15) is 19.9 Å². The average Bonchev–Trinajstić information content (AvgIpc) is 3.51. The molecule has 0 aliphatic carbocycles. The molecule has 3 aromatic heterocycles. The third kappa shape index (κ3) is 7.17. The van der Waals surface area contributed by atoms with Gasteiger partial charge in [-0.05, 0) is 79.7 Å². The summed E-state index contributed by atoms with van der Waals surface area (Å²) in [6.45, 7) is 2.78. The van der Waals surface area contributed by atoms with Gasteiger partial charge in [0.05, 0.1) is 32.6 Å². The second-order valence-electron chi connectivity index (χ2n) is 11.8. The molecule has 2 bridgehead atoms. The van der Waals surface area contributed by atoms with E-state index >= 15 is 0 Å². The number of carbonyl (C=O) groups is 2. The van der Waals surface area contributed by atoms with Gasteiger partial charge in [0.15, 0.2) is 23.9 Å². The van der Waals surface area contributed by atoms with E-state index < -0.39 is 18.0 Å². The van der Waals surface area contributed by atoms with Gasteiger partial charge in [0.1, 0.15) is 21.0 Å². The van der Waals surface area contributed by atoms with Crippen LogP contribution in [-0.4, -0.2) is 67.0 Å². The molecule has 3 aliphatic rings. The Bertz CT molecular complexity index is 1780. The summed E-state index contributed by atoms with van der Waals surface area (Å²) in [5, 5.41) is 22.8. The summed E-state index contributed by atoms with van der Waals surface area (Å²) in [5.41, 5.74) is 2.20. The van der Waals surface area contributed by atoms with Gasteiger partial charge in [0.2, 0.25) is 0 Å². The number of aromatic carboxylic acids is 1. The maximum Gasteiger partial charge on any atom is 0.415 e. The van der Waals surface area contributed by atoms with E-state index in [1.165, 1.54) is 31.5 Å². The second-order valence-corrected chi connectivity index (χ2v) is 13.8. The lowest BCUT2D eigenvalue weighted by Gasteiger charge is -2.44. The van der Waals surface area contributed by atoms with Crippen molar-refractivity contribution in [3.8, 4) is 11.5 Å². The van der Waals surface area contributed by atoms with Gasteiger partial charge in [-0.1, -0.05) is 29.3 Å². The number of nitrogens with zero attached hydrogens (tertiary/aromatic N) is 4. The summed E-state index contributed by atoms with van der Waals surface area (Å²) in [5.74, 6) is -0.452. The Morgan fingerprint density at radius 2 is 1.85 bits per heavy atom. The van der Waals surface area contributed by atoms with Crippen LogP contribution in [0.5, 0.6) is 11.5 Å². The number of amides is 1. The monoisotopic (exact) mass is 712 g/mol. The van der Waals surface area contributed by atoms with Crippen molar-refractivity contribution in [2.24, 2.45) is 5.92 Å². The van der Waals surface area contributed by atoms with E-state index in [-0.39, 0.29) is 34.0 Å². The molecule has 0 spiro atoms. The molecule has 1 aromatic carbocycles. The molecule has 3 saturated heterocycles. The number of pyridine rings is 2. The number of halogens is 2. The van der Waals surface area contributed by atoms with Crippen LogP contribution in [0.25, 0.3) is 0 Å². The van der Waals surface area contributed by atoms with Crippen LogP contribution in [0.1, 0.15) is 50.0 Å². The number of anilines is 1. The van der Waals surface area contributed by atoms with E-state index in [4.69, 9.17) is 37.4 Å². The molecule has 0 saturated carbocycles. The van der Waals surface area contributed by atoms with Crippen LogP contribution in [0.2, 0.25) is 10.0 Å². The van der Waals surface area contributed by atoms with Crippen LogP contribution in [0.15, 0.2) is 61.2 Å². The Hall–Kier alpha value is -4.10. The molecule has 6 heterocycles. The van der Waals surface area contributed by atoms with E-state index in [0.717, 1.165) is 37.3 Å². The summed E-state index contributed by atoms with van der Waals surface area (Å²) >= 11 is 14.1. The zero-order valence-electron chi connectivity index (χ0n) is 26.3. The van der Waals surface area contributed by atoms with E-state index in [2.05, 4.69) is 9.88 Å². The number of thiophene rings is 1. The number of rotatable bonds is 11. The topological polar surface area (TPSA) is 128 Å². The Kier molecular flexibility index (Phi) is 10.3. The van der Waals surface area contributed by atoms with Gasteiger partial charge in [0, 0.05) is 29.1 Å². The number of fused-ring (bicyclic) bond motifs is 3. The molecular weight excluding hydrogens is 679 g/mol. The zero-order valence-corrected chi connectivity index (χ0v) is 28.6. The predicted octanol–water partition coefficient (Wildman–Crippen LogP) is 6.41. The molecule has 1 N–H and O–H groups in total. The van der Waals surface area contributed by atoms with Crippen LogP contribution in [0, 0.1) is 11.1 Å². The Morgan fingerprint density at radius 1 is 1.12 bits per heavy atom. The quantitative estimate of drug-likeness (QED) is 0.139. The van der Waals surface area contributed by atoms with Gasteiger partial charge in [-0.25, -0.2) is 9.59 Å². The van der Waals surface area contributed by atoms with Crippen molar-refractivity contribution in [3.05, 3.63) is 103 Å². The molecule has 0 radical (unpaired) electrons. The van der Waals surface area contributed by atoms with Crippen molar-refractivity contribution < 1.29 is 33.6 Å². The molecule has 2 atom stereocenters. The largest absolute Gasteiger partial charge is 0.619 e. The first-order chi connectivity index (χ1) is 23.1. The number of ether oxygens (including phenoxy) is 3. The molecular formula is C34H34Cl2N4O7S. The molecule has 1 amide bonds. The fourth-order valence-electron chi connectivity index (χ4n) is 6.54. The normalized spacial score (nSPS) is 19.0. The number of carbonyl (C=O) groups excluding carboxylic acids is 1. The maximum atomic E-state index is 13.8. The fourth-order valence-corrected chi connectivity index (χ4v) is 8.18. The first-order valence-corrected chi connectivity index (χ1v) is 17.0. The summed E-state index contributed by atoms with van der Waals surface area (Å²) in [4.78, 5) is 35.3. The van der Waals surface area contributed by atoms with E-state index in [1.54, 1.807) is 42.7 Å². The van der Waals surface area contributed by atoms with Crippen LogP contribution >= 0.6 is 34.5 Å². The fraction of sp³-hybridized carbons (Fsp3) is 0.353. The SMILES string of the molecule is COc1ccc([C@H](Cc2c(Cl)c[n+]([O-])cc2Cl)c2cc(CN(C(=O)O[C@H]3CN4CCC3CC4)c3cccnc3)sc2C(=O)O)cc1OC. The van der Waals surface area contributed by atoms with Gasteiger partial charge in [-0.3, -0.25) is 14.8 Å². The number of benzene rings is 1. The maximum absolute atomic E-state index is 13.8. The first kappa shape index (κ1) is 33.8. The minimum atomic E-state index is -1.13. The standard InChI is InChI=1S/C34H34Cl2N4O7S/c1-45-29-6-5-21(12-30(29)46-2)24(14-26-27(35)17-39(44)18-28(26)36)25-13-23(48-32(25)33(41)42)16-40(22-4-3-9-37-15-22)34(43)47-31-19-38-10-7-20(31)8-11-38/h3-6,9,12-13,15,17-18,20,24,31H,7-8,10-11,14,16,19H2,1-2H3,(H,41,42)/t24-,31-/m0/s1. The second kappa shape index (κ2) is 14.6. The van der Waals surface area contributed by atoms with Crippen LogP contribution in [0.4, 0.5) is 10.5 Å². The average molecular weight is 714 g/mol. The lowest BCUT2D eigenvalue weighted by molar-refractivity contribution is -0.605. The number of methoxy groups -OCH3 is 2. The van der Waals surface area contributed by atoms with Gasteiger partial charge in [-0.2, -0.15) is 4.73 Å². The lowest BCUT2D eigenvalue weighted by Crippen LogP contribution is -2.53. The van der Waals surface area contributed by atoms with E-state index in [1.807, 2.05) is 6.07 Å². The van der Waals surface area contributed by atoms with Gasteiger partial charge in [0.25, 0.3) is 0 Å². The summed E-state index contributed by atoms with van der Waals surface area (Å²) in [6, 6.07) is 10.6. The minimum Gasteiger partial charge on any atom is -0.619 e. The van der Waals surface area contributed by atoms with Gasteiger partial charge < -0.3 is 24.5 Å². The Balaban J connectivity index is 1.39. The number of carboxylic acid groups (broad SMARTS) is 1.